The maximum atomic E-state index is 13.6. The van der Waals surface area contributed by atoms with E-state index in [0.29, 0.717) is 17.2 Å². The first-order valence-corrected chi connectivity index (χ1v) is 6.69. The smallest absolute Gasteiger partial charge is 0.237 e. The minimum absolute atomic E-state index is 0.126. The van der Waals surface area contributed by atoms with Crippen molar-refractivity contribution < 1.29 is 18.4 Å². The van der Waals surface area contributed by atoms with Crippen LogP contribution >= 0.6 is 0 Å². The predicted molar refractivity (Wildman–Crippen MR) is 77.0 cm³/mol. The highest BCUT2D eigenvalue weighted by molar-refractivity contribution is 5.83. The van der Waals surface area contributed by atoms with Crippen molar-refractivity contribution in [3.8, 4) is 11.3 Å². The van der Waals surface area contributed by atoms with Gasteiger partial charge in [-0.25, -0.2) is 9.37 Å². The van der Waals surface area contributed by atoms with Gasteiger partial charge in [0.05, 0.1) is 18.3 Å². The fraction of sp³-hybridized carbons (Fsp3) is 0.267. The van der Waals surface area contributed by atoms with Crippen molar-refractivity contribution in [1.82, 2.24) is 9.88 Å². The van der Waals surface area contributed by atoms with Crippen LogP contribution in [-0.4, -0.2) is 35.3 Å². The van der Waals surface area contributed by atoms with Gasteiger partial charge in [0.15, 0.2) is 11.7 Å². The van der Waals surface area contributed by atoms with Gasteiger partial charge in [-0.15, -0.1) is 0 Å². The van der Waals surface area contributed by atoms with Crippen molar-refractivity contribution in [3.63, 3.8) is 0 Å². The highest BCUT2D eigenvalue weighted by Crippen LogP contribution is 2.23. The average Bonchev–Trinajstić information content (AvgIpc) is 2.93. The number of carbonyl (C=O) groups is 2. The third-order valence-electron chi connectivity index (χ3n) is 3.06. The van der Waals surface area contributed by atoms with E-state index in [1.54, 1.807) is 18.2 Å². The van der Waals surface area contributed by atoms with E-state index in [1.807, 2.05) is 0 Å². The normalized spacial score (nSPS) is 10.5. The molecule has 0 bridgehead atoms. The second-order valence-electron chi connectivity index (χ2n) is 4.81. The summed E-state index contributed by atoms with van der Waals surface area (Å²) in [6.07, 6.45) is 1.81. The second kappa shape index (κ2) is 6.84. The zero-order chi connectivity index (χ0) is 16.1. The molecular formula is C15H16FN3O3. The lowest BCUT2D eigenvalue weighted by molar-refractivity contribution is -0.133. The van der Waals surface area contributed by atoms with Crippen molar-refractivity contribution in [3.05, 3.63) is 42.2 Å². The van der Waals surface area contributed by atoms with E-state index in [-0.39, 0.29) is 25.3 Å². The molecule has 1 heterocycles. The lowest BCUT2D eigenvalue weighted by Gasteiger charge is -2.14. The van der Waals surface area contributed by atoms with Crippen LogP contribution < -0.4 is 5.73 Å². The van der Waals surface area contributed by atoms with Crippen molar-refractivity contribution in [2.45, 2.75) is 12.8 Å². The molecule has 0 saturated carbocycles. The Morgan fingerprint density at radius 3 is 2.77 bits per heavy atom. The lowest BCUT2D eigenvalue weighted by Crippen LogP contribution is -2.35. The van der Waals surface area contributed by atoms with E-state index < -0.39 is 11.7 Å². The molecule has 2 N–H and O–H groups in total. The second-order valence-corrected chi connectivity index (χ2v) is 4.81. The maximum Gasteiger partial charge on any atom is 0.237 e. The Labute approximate surface area is 126 Å². The number of oxazole rings is 1. The maximum absolute atomic E-state index is 13.6. The van der Waals surface area contributed by atoms with Crippen LogP contribution in [0.15, 0.2) is 34.9 Å². The van der Waals surface area contributed by atoms with Crippen LogP contribution in [0.25, 0.3) is 11.3 Å². The van der Waals surface area contributed by atoms with Crippen molar-refractivity contribution >= 4 is 11.8 Å². The molecule has 0 aliphatic heterocycles. The highest BCUT2D eigenvalue weighted by Gasteiger charge is 2.14. The van der Waals surface area contributed by atoms with E-state index in [1.165, 1.54) is 24.2 Å². The van der Waals surface area contributed by atoms with Gasteiger partial charge in [-0.3, -0.25) is 9.59 Å². The van der Waals surface area contributed by atoms with Gasteiger partial charge in [0.25, 0.3) is 0 Å². The number of benzene rings is 1. The molecule has 0 saturated heterocycles. The number of nitrogens with zero attached hydrogens (tertiary/aromatic N) is 2. The third-order valence-corrected chi connectivity index (χ3v) is 3.06. The molecule has 22 heavy (non-hydrogen) atoms. The van der Waals surface area contributed by atoms with Crippen LogP contribution in [0.2, 0.25) is 0 Å². The van der Waals surface area contributed by atoms with Crippen LogP contribution in [0.5, 0.6) is 0 Å². The topological polar surface area (TPSA) is 89.4 Å². The summed E-state index contributed by atoms with van der Waals surface area (Å²) in [4.78, 5) is 27.8. The average molecular weight is 305 g/mol. The van der Waals surface area contributed by atoms with E-state index in [4.69, 9.17) is 10.2 Å². The summed E-state index contributed by atoms with van der Waals surface area (Å²) in [6.45, 7) is -0.134. The van der Waals surface area contributed by atoms with E-state index >= 15 is 0 Å². The van der Waals surface area contributed by atoms with Gasteiger partial charge >= 0.3 is 0 Å². The summed E-state index contributed by atoms with van der Waals surface area (Å²) in [5, 5.41) is 0. The standard InChI is InChI=1S/C15H16FN3O3/c1-19(9-13(17)20)15(21)7-6-14-18-8-12(22-14)10-4-2-3-5-11(10)16/h2-5,8H,6-7,9H2,1H3,(H2,17,20). The van der Waals surface area contributed by atoms with E-state index in [0.717, 1.165) is 0 Å². The van der Waals surface area contributed by atoms with Crippen LogP contribution in [0.4, 0.5) is 4.39 Å². The number of primary amides is 1. The Morgan fingerprint density at radius 2 is 2.09 bits per heavy atom. The van der Waals surface area contributed by atoms with E-state index in [9.17, 15) is 14.0 Å². The van der Waals surface area contributed by atoms with Crippen LogP contribution in [-0.2, 0) is 16.0 Å². The van der Waals surface area contributed by atoms with E-state index in [2.05, 4.69) is 4.98 Å². The number of amides is 2. The molecular weight excluding hydrogens is 289 g/mol. The number of carbonyl (C=O) groups excluding carboxylic acids is 2. The molecule has 1 aromatic heterocycles. The quantitative estimate of drug-likeness (QED) is 0.872. The largest absolute Gasteiger partial charge is 0.441 e. The molecule has 7 heteroatoms. The number of hydrogen-bond donors (Lipinski definition) is 1. The molecule has 2 amide bonds. The molecule has 1 aromatic carbocycles. The molecule has 0 radical (unpaired) electrons. The Morgan fingerprint density at radius 1 is 1.36 bits per heavy atom. The number of aromatic nitrogens is 1. The van der Waals surface area contributed by atoms with Crippen molar-refractivity contribution in [2.24, 2.45) is 5.73 Å². The number of rotatable bonds is 6. The molecule has 0 aliphatic rings. The van der Waals surface area contributed by atoms with Gasteiger partial charge < -0.3 is 15.1 Å². The first-order chi connectivity index (χ1) is 10.5. The summed E-state index contributed by atoms with van der Waals surface area (Å²) in [7, 11) is 1.49. The zero-order valence-electron chi connectivity index (χ0n) is 12.1. The Hall–Kier alpha value is -2.70. The first kappa shape index (κ1) is 15.7. The van der Waals surface area contributed by atoms with Crippen molar-refractivity contribution in [1.29, 1.82) is 0 Å². The molecule has 0 fully saturated rings. The monoisotopic (exact) mass is 305 g/mol. The predicted octanol–water partition coefficient (Wildman–Crippen LogP) is 1.36. The minimum Gasteiger partial charge on any atom is -0.441 e. The highest BCUT2D eigenvalue weighted by atomic mass is 19.1. The van der Waals surface area contributed by atoms with Gasteiger partial charge in [-0.2, -0.15) is 0 Å². The third kappa shape index (κ3) is 3.91. The SMILES string of the molecule is CN(CC(N)=O)C(=O)CCc1ncc(-c2ccccc2F)o1. The van der Waals surface area contributed by atoms with Crippen LogP contribution in [0.3, 0.4) is 0 Å². The molecule has 6 nitrogen and oxygen atoms in total. The minimum atomic E-state index is -0.575. The molecule has 0 aliphatic carbocycles. The number of hydrogen-bond acceptors (Lipinski definition) is 4. The summed E-state index contributed by atoms with van der Waals surface area (Å²) >= 11 is 0. The molecule has 2 rings (SSSR count). The van der Waals surface area contributed by atoms with Crippen molar-refractivity contribution in [2.75, 3.05) is 13.6 Å². The fourth-order valence-electron chi connectivity index (χ4n) is 1.94. The summed E-state index contributed by atoms with van der Waals surface area (Å²) in [6, 6.07) is 6.21. The fourth-order valence-corrected chi connectivity index (χ4v) is 1.94. The molecule has 0 unspecified atom stereocenters. The number of aryl methyl sites for hydroxylation is 1. The summed E-state index contributed by atoms with van der Waals surface area (Å²) < 4.78 is 19.1. The van der Waals surface area contributed by atoms with Gasteiger partial charge in [0.2, 0.25) is 11.8 Å². The first-order valence-electron chi connectivity index (χ1n) is 6.69. The van der Waals surface area contributed by atoms with Gasteiger partial charge in [0.1, 0.15) is 5.82 Å². The molecule has 116 valence electrons. The van der Waals surface area contributed by atoms with Gasteiger partial charge in [-0.1, -0.05) is 12.1 Å². The Balaban J connectivity index is 1.97. The molecule has 0 atom stereocenters. The summed E-state index contributed by atoms with van der Waals surface area (Å²) in [5.41, 5.74) is 5.34. The molecule has 0 spiro atoms. The zero-order valence-corrected chi connectivity index (χ0v) is 12.1. The lowest BCUT2D eigenvalue weighted by atomic mass is 10.2. The summed E-state index contributed by atoms with van der Waals surface area (Å²) in [5.74, 6) is -0.578. The molecule has 2 aromatic rings. The Bertz CT molecular complexity index is 684. The number of halogens is 1. The van der Waals surface area contributed by atoms with Crippen LogP contribution in [0.1, 0.15) is 12.3 Å². The van der Waals surface area contributed by atoms with Gasteiger partial charge in [-0.05, 0) is 12.1 Å². The van der Waals surface area contributed by atoms with Gasteiger partial charge in [0, 0.05) is 19.9 Å². The number of likely N-dealkylation sites (N-methyl/N-ethyl adjacent to an activating group) is 1. The Kier molecular flexibility index (Phi) is 4.88. The number of nitrogens with two attached hydrogens (primary N) is 1. The van der Waals surface area contributed by atoms with Crippen LogP contribution in [0, 0.1) is 5.82 Å².